The highest BCUT2D eigenvalue weighted by Crippen LogP contribution is 2.18. The molecule has 18 heavy (non-hydrogen) atoms. The Morgan fingerprint density at radius 3 is 2.67 bits per heavy atom. The lowest BCUT2D eigenvalue weighted by molar-refractivity contribution is -0.123. The number of nitrogens with zero attached hydrogens (tertiary/aromatic N) is 1. The van der Waals surface area contributed by atoms with E-state index in [0.717, 1.165) is 32.4 Å². The summed E-state index contributed by atoms with van der Waals surface area (Å²) in [5, 5.41) is 3.10. The van der Waals surface area contributed by atoms with Gasteiger partial charge in [0.25, 0.3) is 0 Å². The molecule has 1 heterocycles. The molecule has 0 saturated carbocycles. The van der Waals surface area contributed by atoms with Gasteiger partial charge in [-0.05, 0) is 45.1 Å². The molecule has 1 fully saturated rings. The molecule has 0 aromatic rings. The van der Waals surface area contributed by atoms with Crippen LogP contribution in [0.2, 0.25) is 0 Å². The fraction of sp³-hybridized carbons (Fsp3) is 0.929. The van der Waals surface area contributed by atoms with E-state index in [-0.39, 0.29) is 11.9 Å². The molecule has 1 saturated heterocycles. The third-order valence-corrected chi connectivity index (χ3v) is 4.00. The second-order valence-corrected chi connectivity index (χ2v) is 5.58. The molecule has 0 aromatic carbocycles. The van der Waals surface area contributed by atoms with Gasteiger partial charge >= 0.3 is 0 Å². The van der Waals surface area contributed by atoms with Crippen molar-refractivity contribution in [2.45, 2.75) is 58.5 Å². The zero-order valence-electron chi connectivity index (χ0n) is 12.1. The van der Waals surface area contributed by atoms with Gasteiger partial charge in [0.2, 0.25) is 5.91 Å². The Bertz CT molecular complexity index is 251. The summed E-state index contributed by atoms with van der Waals surface area (Å²) >= 11 is 0. The van der Waals surface area contributed by atoms with E-state index in [1.54, 1.807) is 0 Å². The van der Waals surface area contributed by atoms with Gasteiger partial charge in [-0.25, -0.2) is 0 Å². The predicted molar refractivity (Wildman–Crippen MR) is 75.3 cm³/mol. The van der Waals surface area contributed by atoms with E-state index < -0.39 is 0 Å². The van der Waals surface area contributed by atoms with Crippen LogP contribution < -0.4 is 11.1 Å². The fourth-order valence-electron chi connectivity index (χ4n) is 2.63. The molecule has 1 amide bonds. The van der Waals surface area contributed by atoms with Gasteiger partial charge in [-0.3, -0.25) is 9.69 Å². The summed E-state index contributed by atoms with van der Waals surface area (Å²) in [6, 6.07) is 0.557. The van der Waals surface area contributed by atoms with E-state index in [1.165, 1.54) is 6.42 Å². The van der Waals surface area contributed by atoms with Crippen LogP contribution in [-0.2, 0) is 4.79 Å². The highest BCUT2D eigenvalue weighted by Gasteiger charge is 2.24. The van der Waals surface area contributed by atoms with Gasteiger partial charge in [-0.2, -0.15) is 0 Å². The van der Waals surface area contributed by atoms with Gasteiger partial charge in [0.1, 0.15) is 0 Å². The van der Waals surface area contributed by atoms with Gasteiger partial charge in [0, 0.05) is 18.6 Å². The molecule has 1 rings (SSSR count). The Labute approximate surface area is 111 Å². The van der Waals surface area contributed by atoms with E-state index in [1.807, 2.05) is 0 Å². The minimum absolute atomic E-state index is 0.161. The van der Waals surface area contributed by atoms with Crippen molar-refractivity contribution in [3.05, 3.63) is 0 Å². The molecule has 0 spiro atoms. The molecular weight excluding hydrogens is 226 g/mol. The first kappa shape index (κ1) is 15.4. The van der Waals surface area contributed by atoms with E-state index in [4.69, 9.17) is 5.73 Å². The Morgan fingerprint density at radius 1 is 1.44 bits per heavy atom. The van der Waals surface area contributed by atoms with E-state index >= 15 is 0 Å². The van der Waals surface area contributed by atoms with Crippen molar-refractivity contribution >= 4 is 5.91 Å². The summed E-state index contributed by atoms with van der Waals surface area (Å²) in [5.41, 5.74) is 5.96. The molecule has 3 N–H and O–H groups in total. The smallest absolute Gasteiger partial charge is 0.234 e. The summed E-state index contributed by atoms with van der Waals surface area (Å²) < 4.78 is 0. The maximum atomic E-state index is 11.9. The SMILES string of the molecule is CCC(CC)NC(=O)CN1CCCC(C(C)N)C1. The molecule has 2 atom stereocenters. The van der Waals surface area contributed by atoms with E-state index in [0.29, 0.717) is 18.5 Å². The minimum Gasteiger partial charge on any atom is -0.352 e. The highest BCUT2D eigenvalue weighted by atomic mass is 16.2. The number of nitrogens with one attached hydrogen (secondary N) is 1. The molecule has 0 aliphatic carbocycles. The predicted octanol–water partition coefficient (Wildman–Crippen LogP) is 1.35. The Balaban J connectivity index is 2.35. The van der Waals surface area contributed by atoms with Crippen LogP contribution in [0.1, 0.15) is 46.5 Å². The van der Waals surface area contributed by atoms with Crippen LogP contribution in [0.15, 0.2) is 0 Å². The molecule has 4 nitrogen and oxygen atoms in total. The lowest BCUT2D eigenvalue weighted by Crippen LogP contribution is -2.47. The number of amides is 1. The molecule has 0 radical (unpaired) electrons. The number of carbonyl (C=O) groups is 1. The number of nitrogens with two attached hydrogens (primary N) is 1. The summed E-state index contributed by atoms with van der Waals surface area (Å²) in [6.07, 6.45) is 4.36. The number of carbonyl (C=O) groups excluding carboxylic acids is 1. The Hall–Kier alpha value is -0.610. The quantitative estimate of drug-likeness (QED) is 0.753. The summed E-state index contributed by atoms with van der Waals surface area (Å²) in [4.78, 5) is 14.2. The lowest BCUT2D eigenvalue weighted by Gasteiger charge is -2.34. The summed E-state index contributed by atoms with van der Waals surface area (Å²) in [5.74, 6) is 0.703. The van der Waals surface area contributed by atoms with Gasteiger partial charge in [-0.15, -0.1) is 0 Å². The van der Waals surface area contributed by atoms with Crippen LogP contribution in [0.25, 0.3) is 0 Å². The average molecular weight is 255 g/mol. The molecule has 2 unspecified atom stereocenters. The average Bonchev–Trinajstić information content (AvgIpc) is 2.36. The Kier molecular flexibility index (Phi) is 6.65. The summed E-state index contributed by atoms with van der Waals surface area (Å²) in [6.45, 7) is 8.81. The third kappa shape index (κ3) is 4.94. The fourth-order valence-corrected chi connectivity index (χ4v) is 2.63. The maximum absolute atomic E-state index is 11.9. The molecular formula is C14H29N3O. The molecule has 1 aliphatic rings. The molecule has 106 valence electrons. The highest BCUT2D eigenvalue weighted by molar-refractivity contribution is 5.78. The number of likely N-dealkylation sites (tertiary alicyclic amines) is 1. The second kappa shape index (κ2) is 7.74. The van der Waals surface area contributed by atoms with Crippen molar-refractivity contribution < 1.29 is 4.79 Å². The first-order chi connectivity index (χ1) is 8.56. The van der Waals surface area contributed by atoms with Crippen LogP contribution in [0.3, 0.4) is 0 Å². The first-order valence-electron chi connectivity index (χ1n) is 7.34. The van der Waals surface area contributed by atoms with E-state index in [2.05, 4.69) is 31.0 Å². The molecule has 0 aromatic heterocycles. The minimum atomic E-state index is 0.161. The second-order valence-electron chi connectivity index (χ2n) is 5.58. The van der Waals surface area contributed by atoms with Crippen molar-refractivity contribution in [3.8, 4) is 0 Å². The van der Waals surface area contributed by atoms with Crippen LogP contribution >= 0.6 is 0 Å². The molecule has 0 bridgehead atoms. The van der Waals surface area contributed by atoms with Crippen molar-refractivity contribution in [2.75, 3.05) is 19.6 Å². The van der Waals surface area contributed by atoms with Crippen LogP contribution in [0.5, 0.6) is 0 Å². The lowest BCUT2D eigenvalue weighted by atomic mass is 9.92. The van der Waals surface area contributed by atoms with Gasteiger partial charge in [0.05, 0.1) is 6.54 Å². The van der Waals surface area contributed by atoms with Crippen LogP contribution in [0.4, 0.5) is 0 Å². The third-order valence-electron chi connectivity index (χ3n) is 4.00. The normalized spacial score (nSPS) is 23.1. The van der Waals surface area contributed by atoms with E-state index in [9.17, 15) is 4.79 Å². The monoisotopic (exact) mass is 255 g/mol. The zero-order chi connectivity index (χ0) is 13.5. The maximum Gasteiger partial charge on any atom is 0.234 e. The van der Waals surface area contributed by atoms with Crippen molar-refractivity contribution in [3.63, 3.8) is 0 Å². The number of hydrogen-bond donors (Lipinski definition) is 2. The van der Waals surface area contributed by atoms with Crippen molar-refractivity contribution in [1.29, 1.82) is 0 Å². The van der Waals surface area contributed by atoms with Crippen molar-refractivity contribution in [1.82, 2.24) is 10.2 Å². The Morgan fingerprint density at radius 2 is 2.11 bits per heavy atom. The first-order valence-corrected chi connectivity index (χ1v) is 7.34. The standard InChI is InChI=1S/C14H29N3O/c1-4-13(5-2)16-14(18)10-17-8-6-7-12(9-17)11(3)15/h11-13H,4-10,15H2,1-3H3,(H,16,18). The van der Waals surface area contributed by atoms with Gasteiger partial charge in [0.15, 0.2) is 0 Å². The number of rotatable bonds is 6. The van der Waals surface area contributed by atoms with Crippen LogP contribution in [-0.4, -0.2) is 42.5 Å². The van der Waals surface area contributed by atoms with Gasteiger partial charge < -0.3 is 11.1 Å². The molecule has 4 heteroatoms. The van der Waals surface area contributed by atoms with Gasteiger partial charge in [-0.1, -0.05) is 13.8 Å². The largest absolute Gasteiger partial charge is 0.352 e. The topological polar surface area (TPSA) is 58.4 Å². The van der Waals surface area contributed by atoms with Crippen molar-refractivity contribution in [2.24, 2.45) is 11.7 Å². The summed E-state index contributed by atoms with van der Waals surface area (Å²) in [7, 11) is 0. The number of hydrogen-bond acceptors (Lipinski definition) is 3. The van der Waals surface area contributed by atoms with Crippen LogP contribution in [0, 0.1) is 5.92 Å². The molecule has 1 aliphatic heterocycles. The number of piperidine rings is 1. The zero-order valence-corrected chi connectivity index (χ0v) is 12.1.